The zero-order valence-electron chi connectivity index (χ0n) is 15.8. The van der Waals surface area contributed by atoms with E-state index in [1.165, 1.54) is 6.07 Å². The number of rotatable bonds is 7. The molecule has 0 unspecified atom stereocenters. The molecule has 0 spiro atoms. The van der Waals surface area contributed by atoms with Crippen LogP contribution in [0.4, 0.5) is 0 Å². The van der Waals surface area contributed by atoms with Crippen LogP contribution in [0, 0.1) is 5.92 Å². The number of fused-ring (bicyclic) bond motifs is 1. The lowest BCUT2D eigenvalue weighted by Crippen LogP contribution is -2.53. The Morgan fingerprint density at radius 3 is 2.64 bits per heavy atom. The summed E-state index contributed by atoms with van der Waals surface area (Å²) in [6.07, 6.45) is 4.59. The van der Waals surface area contributed by atoms with Crippen molar-refractivity contribution in [2.75, 3.05) is 13.2 Å². The quantitative estimate of drug-likeness (QED) is 0.425. The highest BCUT2D eigenvalue weighted by Gasteiger charge is 2.38. The summed E-state index contributed by atoms with van der Waals surface area (Å²) >= 11 is 0. The van der Waals surface area contributed by atoms with Gasteiger partial charge in [0.05, 0.1) is 18.1 Å². The molecule has 1 atom stereocenters. The van der Waals surface area contributed by atoms with Crippen LogP contribution >= 0.6 is 0 Å². The van der Waals surface area contributed by atoms with E-state index >= 15 is 0 Å². The summed E-state index contributed by atoms with van der Waals surface area (Å²) < 4.78 is 5.41. The van der Waals surface area contributed by atoms with Crippen molar-refractivity contribution in [3.05, 3.63) is 29.3 Å². The average Bonchev–Trinajstić information content (AvgIpc) is 2.67. The summed E-state index contributed by atoms with van der Waals surface area (Å²) in [4.78, 5) is 23.7. The van der Waals surface area contributed by atoms with Crippen LogP contribution in [0.5, 0.6) is 5.75 Å². The number of carboxylic acids is 1. The van der Waals surface area contributed by atoms with Gasteiger partial charge >= 0.3 is 13.1 Å². The molecule has 0 bridgehead atoms. The minimum absolute atomic E-state index is 0.00731. The molecule has 9 heteroatoms. The minimum atomic E-state index is -1.28. The SMILES string of the molecule is O=C(C[C@H]1CC[C@H](NCCO)CC1)N[C@H]1Cc2cccc(C(=O)O)c2OB1O. The predicted octanol–water partition coefficient (Wildman–Crippen LogP) is 0.355. The smallest absolute Gasteiger partial charge is 0.534 e. The zero-order valence-corrected chi connectivity index (χ0v) is 15.8. The number of carboxylic acid groups (broad SMARTS) is 1. The maximum atomic E-state index is 12.4. The number of nitrogens with one attached hydrogen (secondary N) is 2. The maximum Gasteiger partial charge on any atom is 0.547 e. The number of carbonyl (C=O) groups excluding carboxylic acids is 1. The highest BCUT2D eigenvalue weighted by molar-refractivity contribution is 6.47. The van der Waals surface area contributed by atoms with Gasteiger partial charge in [0.2, 0.25) is 5.91 Å². The lowest BCUT2D eigenvalue weighted by Gasteiger charge is -2.31. The zero-order chi connectivity index (χ0) is 20.1. The second kappa shape index (κ2) is 9.40. The molecule has 1 aromatic carbocycles. The highest BCUT2D eigenvalue weighted by Crippen LogP contribution is 2.31. The molecule has 1 aliphatic carbocycles. The molecular weight excluding hydrogens is 363 g/mol. The van der Waals surface area contributed by atoms with Crippen LogP contribution in [-0.2, 0) is 11.2 Å². The number of aliphatic hydroxyl groups is 1. The van der Waals surface area contributed by atoms with E-state index in [9.17, 15) is 19.7 Å². The van der Waals surface area contributed by atoms with Crippen LogP contribution in [0.2, 0.25) is 0 Å². The van der Waals surface area contributed by atoms with Crippen LogP contribution in [0.15, 0.2) is 18.2 Å². The van der Waals surface area contributed by atoms with E-state index < -0.39 is 19.0 Å². The van der Waals surface area contributed by atoms with E-state index in [1.54, 1.807) is 12.1 Å². The molecule has 28 heavy (non-hydrogen) atoms. The molecule has 1 saturated carbocycles. The van der Waals surface area contributed by atoms with E-state index in [4.69, 9.17) is 9.76 Å². The van der Waals surface area contributed by atoms with Gasteiger partial charge in [-0.15, -0.1) is 0 Å². The maximum absolute atomic E-state index is 12.4. The lowest BCUT2D eigenvalue weighted by atomic mass is 9.72. The largest absolute Gasteiger partial charge is 0.547 e. The summed E-state index contributed by atoms with van der Waals surface area (Å²) in [5, 5.41) is 34.5. The van der Waals surface area contributed by atoms with Crippen molar-refractivity contribution in [3.63, 3.8) is 0 Å². The molecule has 1 aromatic rings. The Hall–Kier alpha value is -2.10. The number of para-hydroxylation sites is 1. The molecule has 3 rings (SSSR count). The minimum Gasteiger partial charge on any atom is -0.534 e. The van der Waals surface area contributed by atoms with Crippen molar-refractivity contribution >= 4 is 19.0 Å². The third-order valence-corrected chi connectivity index (χ3v) is 5.56. The number of aliphatic hydroxyl groups excluding tert-OH is 1. The fourth-order valence-corrected chi connectivity index (χ4v) is 4.08. The van der Waals surface area contributed by atoms with Crippen LogP contribution in [-0.4, -0.2) is 59.4 Å². The third kappa shape index (κ3) is 5.04. The molecular formula is C19H27BN2O6. The number of amides is 1. The standard InChI is InChI=1S/C19H27BN2O6/c23-9-8-21-14-6-4-12(5-7-14)10-17(24)22-16-11-13-2-1-3-15(19(25)26)18(13)28-20(16)27/h1-3,12,14,16,21,23,27H,4-11H2,(H,22,24)(H,25,26)/t12-,14-,16-/m0/s1. The third-order valence-electron chi connectivity index (χ3n) is 5.56. The van der Waals surface area contributed by atoms with Gasteiger partial charge in [-0.3, -0.25) is 4.79 Å². The monoisotopic (exact) mass is 390 g/mol. The first-order chi connectivity index (χ1) is 13.5. The molecule has 8 nitrogen and oxygen atoms in total. The molecule has 152 valence electrons. The summed E-state index contributed by atoms with van der Waals surface area (Å²) in [5.74, 6) is -1.37. The molecule has 0 radical (unpaired) electrons. The fraction of sp³-hybridized carbons (Fsp3) is 0.579. The average molecular weight is 390 g/mol. The molecule has 1 heterocycles. The molecule has 0 aromatic heterocycles. The van der Waals surface area contributed by atoms with E-state index in [0.717, 1.165) is 25.7 Å². The first-order valence-corrected chi connectivity index (χ1v) is 9.81. The molecule has 2 aliphatic rings. The summed E-state index contributed by atoms with van der Waals surface area (Å²) in [6, 6.07) is 5.21. The van der Waals surface area contributed by atoms with Crippen LogP contribution in [0.25, 0.3) is 0 Å². The second-order valence-electron chi connectivity index (χ2n) is 7.59. The van der Waals surface area contributed by atoms with Gasteiger partial charge in [-0.05, 0) is 49.7 Å². The normalized spacial score (nSPS) is 24.2. The topological polar surface area (TPSA) is 128 Å². The Balaban J connectivity index is 1.51. The van der Waals surface area contributed by atoms with Gasteiger partial charge in [0.25, 0.3) is 0 Å². The first kappa shape index (κ1) is 20.6. The molecule has 1 aliphatic heterocycles. The Morgan fingerprint density at radius 2 is 1.96 bits per heavy atom. The lowest BCUT2D eigenvalue weighted by molar-refractivity contribution is -0.122. The van der Waals surface area contributed by atoms with Crippen LogP contribution in [0.1, 0.15) is 48.0 Å². The van der Waals surface area contributed by atoms with Gasteiger partial charge in [-0.1, -0.05) is 12.1 Å². The van der Waals surface area contributed by atoms with E-state index in [2.05, 4.69) is 10.6 Å². The Bertz CT molecular complexity index is 708. The van der Waals surface area contributed by atoms with Crippen molar-refractivity contribution in [1.29, 1.82) is 0 Å². The van der Waals surface area contributed by atoms with Gasteiger partial charge in [-0.25, -0.2) is 4.79 Å². The molecule has 5 N–H and O–H groups in total. The summed E-state index contributed by atoms with van der Waals surface area (Å²) in [5.41, 5.74) is 0.666. The van der Waals surface area contributed by atoms with Crippen molar-refractivity contribution in [3.8, 4) is 5.75 Å². The van der Waals surface area contributed by atoms with Gasteiger partial charge in [0.1, 0.15) is 5.75 Å². The van der Waals surface area contributed by atoms with Crippen molar-refractivity contribution < 1.29 is 29.5 Å². The van der Waals surface area contributed by atoms with E-state index in [1.807, 2.05) is 0 Å². The van der Waals surface area contributed by atoms with Crippen molar-refractivity contribution in [2.24, 2.45) is 5.92 Å². The summed E-state index contributed by atoms with van der Waals surface area (Å²) in [7, 11) is -1.28. The molecule has 0 saturated heterocycles. The van der Waals surface area contributed by atoms with Crippen molar-refractivity contribution in [1.82, 2.24) is 10.6 Å². The Labute approximate surface area is 164 Å². The van der Waals surface area contributed by atoms with Gasteiger partial charge in [0, 0.05) is 19.0 Å². The van der Waals surface area contributed by atoms with Crippen LogP contribution in [0.3, 0.4) is 0 Å². The van der Waals surface area contributed by atoms with Crippen LogP contribution < -0.4 is 15.3 Å². The number of carbonyl (C=O) groups is 2. The van der Waals surface area contributed by atoms with E-state index in [0.29, 0.717) is 36.9 Å². The van der Waals surface area contributed by atoms with Gasteiger partial charge < -0.3 is 30.5 Å². The van der Waals surface area contributed by atoms with Crippen molar-refractivity contribution in [2.45, 2.75) is 50.5 Å². The number of hydrogen-bond donors (Lipinski definition) is 5. The molecule has 1 fully saturated rings. The number of aromatic carboxylic acids is 1. The van der Waals surface area contributed by atoms with Gasteiger partial charge in [-0.2, -0.15) is 0 Å². The Kier molecular flexibility index (Phi) is 6.93. The second-order valence-corrected chi connectivity index (χ2v) is 7.59. The van der Waals surface area contributed by atoms with E-state index in [-0.39, 0.29) is 23.8 Å². The van der Waals surface area contributed by atoms with Gasteiger partial charge in [0.15, 0.2) is 0 Å². The highest BCUT2D eigenvalue weighted by atomic mass is 16.5. The first-order valence-electron chi connectivity index (χ1n) is 9.81. The fourth-order valence-electron chi connectivity index (χ4n) is 4.08. The number of hydrogen-bond acceptors (Lipinski definition) is 6. The number of benzene rings is 1. The Morgan fingerprint density at radius 1 is 1.21 bits per heavy atom. The molecule has 1 amide bonds. The summed E-state index contributed by atoms with van der Waals surface area (Å²) in [6.45, 7) is 0.728. The predicted molar refractivity (Wildman–Crippen MR) is 103 cm³/mol.